The van der Waals surface area contributed by atoms with Crippen LogP contribution in [0.3, 0.4) is 0 Å². The van der Waals surface area contributed by atoms with Crippen LogP contribution in [0.4, 0.5) is 4.39 Å². The highest BCUT2D eigenvalue weighted by Gasteiger charge is 2.27. The molecule has 0 aliphatic heterocycles. The molecule has 0 saturated heterocycles. The van der Waals surface area contributed by atoms with E-state index in [1.165, 1.54) is 25.1 Å². The van der Waals surface area contributed by atoms with Crippen molar-refractivity contribution in [3.05, 3.63) is 35.6 Å². The van der Waals surface area contributed by atoms with E-state index in [1.54, 1.807) is 6.07 Å². The summed E-state index contributed by atoms with van der Waals surface area (Å²) in [6.07, 6.45) is 0.825. The molecule has 1 aromatic rings. The van der Waals surface area contributed by atoms with Crippen molar-refractivity contribution in [2.75, 3.05) is 6.54 Å². The third-order valence-electron chi connectivity index (χ3n) is 3.48. The zero-order valence-electron chi connectivity index (χ0n) is 11.8. The standard InChI is InChI=1S/C15H19FN2O3/c1-9(13(19)15(21)17-8-10-6-7-10)18-14(20)11-4-2-3-5-12(11)16/h2-5,9-10,13,19H,6-8H2,1H3,(H,17,21)(H,18,20). The SMILES string of the molecule is CC(NC(=O)c1ccccc1F)C(O)C(=O)NCC1CC1. The van der Waals surface area contributed by atoms with Crippen LogP contribution >= 0.6 is 0 Å². The number of aliphatic hydroxyl groups is 1. The molecule has 0 bridgehead atoms. The fourth-order valence-corrected chi connectivity index (χ4v) is 1.91. The molecule has 2 rings (SSSR count). The van der Waals surface area contributed by atoms with E-state index in [4.69, 9.17) is 0 Å². The van der Waals surface area contributed by atoms with Gasteiger partial charge in [0.05, 0.1) is 11.6 Å². The van der Waals surface area contributed by atoms with Crippen LogP contribution in [-0.4, -0.2) is 35.6 Å². The van der Waals surface area contributed by atoms with Crippen LogP contribution in [0.25, 0.3) is 0 Å². The molecule has 2 amide bonds. The first-order valence-corrected chi connectivity index (χ1v) is 7.00. The number of hydrogen-bond acceptors (Lipinski definition) is 3. The maximum absolute atomic E-state index is 13.5. The van der Waals surface area contributed by atoms with Gasteiger partial charge in [-0.1, -0.05) is 12.1 Å². The maximum Gasteiger partial charge on any atom is 0.254 e. The number of aliphatic hydroxyl groups excluding tert-OH is 1. The van der Waals surface area contributed by atoms with E-state index >= 15 is 0 Å². The molecule has 2 unspecified atom stereocenters. The van der Waals surface area contributed by atoms with E-state index in [1.807, 2.05) is 0 Å². The van der Waals surface area contributed by atoms with E-state index in [-0.39, 0.29) is 5.56 Å². The summed E-state index contributed by atoms with van der Waals surface area (Å²) in [5.74, 6) is -1.32. The monoisotopic (exact) mass is 294 g/mol. The number of amides is 2. The van der Waals surface area contributed by atoms with Gasteiger partial charge in [0, 0.05) is 6.54 Å². The minimum absolute atomic E-state index is 0.116. The van der Waals surface area contributed by atoms with Gasteiger partial charge in [0.1, 0.15) is 5.82 Å². The predicted octanol–water partition coefficient (Wildman–Crippen LogP) is 0.831. The first kappa shape index (κ1) is 15.4. The van der Waals surface area contributed by atoms with Gasteiger partial charge < -0.3 is 15.7 Å². The normalized spacial score (nSPS) is 16.9. The average Bonchev–Trinajstić information content (AvgIpc) is 3.28. The minimum Gasteiger partial charge on any atom is -0.381 e. The Bertz CT molecular complexity index is 531. The Morgan fingerprint density at radius 2 is 2.05 bits per heavy atom. The molecule has 1 saturated carbocycles. The lowest BCUT2D eigenvalue weighted by Crippen LogP contribution is -2.49. The topological polar surface area (TPSA) is 78.4 Å². The summed E-state index contributed by atoms with van der Waals surface area (Å²) >= 11 is 0. The molecule has 1 aromatic carbocycles. The van der Waals surface area contributed by atoms with Crippen molar-refractivity contribution in [1.82, 2.24) is 10.6 Å². The third kappa shape index (κ3) is 4.26. The predicted molar refractivity (Wildman–Crippen MR) is 75.1 cm³/mol. The molecule has 0 spiro atoms. The van der Waals surface area contributed by atoms with Gasteiger partial charge in [-0.15, -0.1) is 0 Å². The summed E-state index contributed by atoms with van der Waals surface area (Å²) in [5.41, 5.74) is -0.116. The Labute approximate surface area is 122 Å². The molecular formula is C15H19FN2O3. The van der Waals surface area contributed by atoms with E-state index in [2.05, 4.69) is 10.6 Å². The average molecular weight is 294 g/mol. The Morgan fingerprint density at radius 3 is 2.67 bits per heavy atom. The molecule has 1 aliphatic rings. The number of carbonyl (C=O) groups excluding carboxylic acids is 2. The molecule has 5 nitrogen and oxygen atoms in total. The van der Waals surface area contributed by atoms with Gasteiger partial charge in [-0.05, 0) is 37.8 Å². The van der Waals surface area contributed by atoms with E-state index in [0.29, 0.717) is 12.5 Å². The van der Waals surface area contributed by atoms with Crippen molar-refractivity contribution in [3.63, 3.8) is 0 Å². The largest absolute Gasteiger partial charge is 0.381 e. The molecule has 6 heteroatoms. The quantitative estimate of drug-likeness (QED) is 0.727. The van der Waals surface area contributed by atoms with Gasteiger partial charge >= 0.3 is 0 Å². The van der Waals surface area contributed by atoms with Crippen LogP contribution in [0.5, 0.6) is 0 Å². The van der Waals surface area contributed by atoms with Crippen molar-refractivity contribution >= 4 is 11.8 Å². The second-order valence-corrected chi connectivity index (χ2v) is 5.38. The molecule has 2 atom stereocenters. The van der Waals surface area contributed by atoms with Crippen molar-refractivity contribution in [1.29, 1.82) is 0 Å². The molecular weight excluding hydrogens is 275 g/mol. The number of benzene rings is 1. The van der Waals surface area contributed by atoms with Crippen LogP contribution in [0.15, 0.2) is 24.3 Å². The lowest BCUT2D eigenvalue weighted by molar-refractivity contribution is -0.130. The number of nitrogens with one attached hydrogen (secondary N) is 2. The van der Waals surface area contributed by atoms with Crippen LogP contribution in [0, 0.1) is 11.7 Å². The Balaban J connectivity index is 1.87. The zero-order valence-corrected chi connectivity index (χ0v) is 11.8. The molecule has 1 aliphatic carbocycles. The highest BCUT2D eigenvalue weighted by atomic mass is 19.1. The number of halogens is 1. The fourth-order valence-electron chi connectivity index (χ4n) is 1.91. The molecule has 3 N–H and O–H groups in total. The molecule has 1 fully saturated rings. The van der Waals surface area contributed by atoms with Crippen molar-refractivity contribution < 1.29 is 19.1 Å². The number of hydrogen-bond donors (Lipinski definition) is 3. The fraction of sp³-hybridized carbons (Fsp3) is 0.467. The summed E-state index contributed by atoms with van der Waals surface area (Å²) < 4.78 is 13.5. The first-order chi connectivity index (χ1) is 9.99. The minimum atomic E-state index is -1.36. The van der Waals surface area contributed by atoms with Crippen LogP contribution in [0.2, 0.25) is 0 Å². The highest BCUT2D eigenvalue weighted by Crippen LogP contribution is 2.27. The lowest BCUT2D eigenvalue weighted by atomic mass is 10.1. The van der Waals surface area contributed by atoms with E-state index in [9.17, 15) is 19.1 Å². The van der Waals surface area contributed by atoms with Gasteiger partial charge in [-0.2, -0.15) is 0 Å². The lowest BCUT2D eigenvalue weighted by Gasteiger charge is -2.20. The number of carbonyl (C=O) groups is 2. The van der Waals surface area contributed by atoms with Crippen LogP contribution < -0.4 is 10.6 Å². The summed E-state index contributed by atoms with van der Waals surface area (Å²) in [4.78, 5) is 23.6. The van der Waals surface area contributed by atoms with Gasteiger partial charge in [0.15, 0.2) is 6.10 Å². The highest BCUT2D eigenvalue weighted by molar-refractivity contribution is 5.95. The summed E-state index contributed by atoms with van der Waals surface area (Å²) in [6, 6.07) is 4.74. The molecule has 21 heavy (non-hydrogen) atoms. The number of rotatable bonds is 6. The van der Waals surface area contributed by atoms with Gasteiger partial charge in [-0.25, -0.2) is 4.39 Å². The van der Waals surface area contributed by atoms with Crippen LogP contribution in [-0.2, 0) is 4.79 Å². The van der Waals surface area contributed by atoms with Gasteiger partial charge in [0.2, 0.25) is 0 Å². The molecule has 0 radical (unpaired) electrons. The summed E-state index contributed by atoms with van der Waals surface area (Å²) in [5, 5.41) is 14.9. The van der Waals surface area contributed by atoms with Gasteiger partial charge in [-0.3, -0.25) is 9.59 Å². The smallest absolute Gasteiger partial charge is 0.254 e. The Morgan fingerprint density at radius 1 is 1.38 bits per heavy atom. The third-order valence-corrected chi connectivity index (χ3v) is 3.48. The Hall–Kier alpha value is -1.95. The van der Waals surface area contributed by atoms with Crippen LogP contribution in [0.1, 0.15) is 30.1 Å². The van der Waals surface area contributed by atoms with Crippen molar-refractivity contribution in [3.8, 4) is 0 Å². The van der Waals surface area contributed by atoms with E-state index < -0.39 is 29.8 Å². The maximum atomic E-state index is 13.5. The van der Waals surface area contributed by atoms with E-state index in [0.717, 1.165) is 12.8 Å². The Kier molecular flexibility index (Phi) is 4.90. The van der Waals surface area contributed by atoms with Gasteiger partial charge in [0.25, 0.3) is 11.8 Å². The summed E-state index contributed by atoms with van der Waals surface area (Å²) in [6.45, 7) is 2.05. The van der Waals surface area contributed by atoms with Crippen molar-refractivity contribution in [2.24, 2.45) is 5.92 Å². The second kappa shape index (κ2) is 6.67. The molecule has 114 valence electrons. The first-order valence-electron chi connectivity index (χ1n) is 7.00. The molecule has 0 heterocycles. The second-order valence-electron chi connectivity index (χ2n) is 5.38. The summed E-state index contributed by atoms with van der Waals surface area (Å²) in [7, 11) is 0. The zero-order chi connectivity index (χ0) is 15.4. The molecule has 0 aromatic heterocycles. The van der Waals surface area contributed by atoms with Crippen molar-refractivity contribution in [2.45, 2.75) is 31.9 Å².